The number of hydrogen-bond donors (Lipinski definition) is 0. The third kappa shape index (κ3) is 2.67. The van der Waals surface area contributed by atoms with Gasteiger partial charge in [0.25, 0.3) is 11.8 Å². The second-order valence-corrected chi connectivity index (χ2v) is 4.27. The molecule has 0 unspecified atom stereocenters. The van der Waals surface area contributed by atoms with Gasteiger partial charge in [0, 0.05) is 6.08 Å². The molecular weight excluding hydrogens is 259 g/mol. The minimum atomic E-state index is -4.46. The molecule has 0 fully saturated rings. The Morgan fingerprint density at radius 2 is 1.63 bits per heavy atom. The average molecular weight is 269 g/mol. The number of rotatable bonds is 2. The topological polar surface area (TPSA) is 37.4 Å². The fraction of sp³-hybridized carbons (Fsp3) is 0.231. The van der Waals surface area contributed by atoms with Crippen molar-refractivity contribution in [3.8, 4) is 0 Å². The Balaban J connectivity index is 2.24. The van der Waals surface area contributed by atoms with E-state index in [1.807, 2.05) is 0 Å². The Labute approximate surface area is 107 Å². The van der Waals surface area contributed by atoms with E-state index in [-0.39, 0.29) is 29.3 Å². The lowest BCUT2D eigenvalue weighted by Crippen LogP contribution is -2.31. The Morgan fingerprint density at radius 3 is 2.05 bits per heavy atom. The predicted molar refractivity (Wildman–Crippen MR) is 61.6 cm³/mol. The van der Waals surface area contributed by atoms with Crippen molar-refractivity contribution in [3.63, 3.8) is 0 Å². The molecule has 1 aromatic rings. The Morgan fingerprint density at radius 1 is 1.16 bits per heavy atom. The SMILES string of the molecule is C/C(=C/C(F)(F)F)CN1C(=O)c2ccccc2C1=O. The summed E-state index contributed by atoms with van der Waals surface area (Å²) in [5.41, 5.74) is 0.363. The van der Waals surface area contributed by atoms with Gasteiger partial charge in [0.1, 0.15) is 0 Å². The number of alkyl halides is 3. The number of amides is 2. The maximum atomic E-state index is 12.2. The van der Waals surface area contributed by atoms with Gasteiger partial charge in [-0.3, -0.25) is 14.5 Å². The monoisotopic (exact) mass is 269 g/mol. The van der Waals surface area contributed by atoms with Gasteiger partial charge in [-0.15, -0.1) is 0 Å². The van der Waals surface area contributed by atoms with Crippen molar-refractivity contribution < 1.29 is 22.8 Å². The van der Waals surface area contributed by atoms with Crippen LogP contribution in [0.2, 0.25) is 0 Å². The lowest BCUT2D eigenvalue weighted by Gasteiger charge is -2.14. The van der Waals surface area contributed by atoms with Crippen LogP contribution in [0.5, 0.6) is 0 Å². The van der Waals surface area contributed by atoms with Crippen LogP contribution < -0.4 is 0 Å². The summed E-state index contributed by atoms with van der Waals surface area (Å²) in [6.07, 6.45) is -4.36. The molecule has 1 aromatic carbocycles. The fourth-order valence-electron chi connectivity index (χ4n) is 1.96. The van der Waals surface area contributed by atoms with Crippen molar-refractivity contribution in [3.05, 3.63) is 47.0 Å². The van der Waals surface area contributed by atoms with Crippen molar-refractivity contribution in [2.75, 3.05) is 6.54 Å². The first-order chi connectivity index (χ1) is 8.79. The molecule has 0 N–H and O–H groups in total. The summed E-state index contributed by atoms with van der Waals surface area (Å²) in [4.78, 5) is 24.6. The zero-order chi connectivity index (χ0) is 14.2. The van der Waals surface area contributed by atoms with Gasteiger partial charge in [-0.2, -0.15) is 13.2 Å². The second-order valence-electron chi connectivity index (χ2n) is 4.27. The smallest absolute Gasteiger partial charge is 0.270 e. The third-order valence-corrected chi connectivity index (χ3v) is 2.70. The molecule has 0 radical (unpaired) electrons. The lowest BCUT2D eigenvalue weighted by atomic mass is 10.1. The minimum Gasteiger partial charge on any atom is -0.270 e. The van der Waals surface area contributed by atoms with Crippen molar-refractivity contribution in [1.82, 2.24) is 4.90 Å². The molecule has 0 saturated carbocycles. The molecule has 1 aliphatic heterocycles. The Hall–Kier alpha value is -2.11. The summed E-state index contributed by atoms with van der Waals surface area (Å²) in [6, 6.07) is 6.18. The minimum absolute atomic E-state index is 0.0938. The predicted octanol–water partition coefficient (Wildman–Crippen LogP) is 2.79. The van der Waals surface area contributed by atoms with Gasteiger partial charge in [0.2, 0.25) is 0 Å². The van der Waals surface area contributed by atoms with Crippen molar-refractivity contribution >= 4 is 11.8 Å². The van der Waals surface area contributed by atoms with Gasteiger partial charge in [0.05, 0.1) is 17.7 Å². The number of carbonyl (C=O) groups excluding carboxylic acids is 2. The van der Waals surface area contributed by atoms with Crippen LogP contribution in [0.3, 0.4) is 0 Å². The van der Waals surface area contributed by atoms with Crippen LogP contribution >= 0.6 is 0 Å². The molecule has 0 aromatic heterocycles. The van der Waals surface area contributed by atoms with Crippen LogP contribution in [0.4, 0.5) is 13.2 Å². The number of carbonyl (C=O) groups is 2. The summed E-state index contributed by atoms with van der Waals surface area (Å²) < 4.78 is 36.5. The Bertz CT molecular complexity index is 540. The van der Waals surface area contributed by atoms with Crippen LogP contribution in [0.1, 0.15) is 27.6 Å². The van der Waals surface area contributed by atoms with Gasteiger partial charge < -0.3 is 0 Å². The van der Waals surface area contributed by atoms with E-state index < -0.39 is 18.0 Å². The fourth-order valence-corrected chi connectivity index (χ4v) is 1.96. The zero-order valence-corrected chi connectivity index (χ0v) is 9.99. The summed E-state index contributed by atoms with van der Waals surface area (Å²) in [7, 11) is 0. The summed E-state index contributed by atoms with van der Waals surface area (Å²) in [5.74, 6) is -1.12. The van der Waals surface area contributed by atoms with Crippen LogP contribution in [0.15, 0.2) is 35.9 Å². The van der Waals surface area contributed by atoms with E-state index in [2.05, 4.69) is 0 Å². The first-order valence-corrected chi connectivity index (χ1v) is 5.50. The standard InChI is InChI=1S/C13H10F3NO2/c1-8(6-13(14,15)16)7-17-11(18)9-4-2-3-5-10(9)12(17)19/h2-6H,7H2,1H3/b8-6-. The molecule has 0 aliphatic carbocycles. The third-order valence-electron chi connectivity index (χ3n) is 2.70. The summed E-state index contributed by atoms with van der Waals surface area (Å²) in [6.45, 7) is 0.878. The van der Waals surface area contributed by atoms with E-state index >= 15 is 0 Å². The van der Waals surface area contributed by atoms with Crippen LogP contribution in [-0.2, 0) is 0 Å². The van der Waals surface area contributed by atoms with E-state index in [9.17, 15) is 22.8 Å². The Kier molecular flexibility index (Phi) is 3.18. The molecule has 2 rings (SSSR count). The highest BCUT2D eigenvalue weighted by molar-refractivity contribution is 6.21. The quantitative estimate of drug-likeness (QED) is 0.611. The molecule has 3 nitrogen and oxygen atoms in total. The van der Waals surface area contributed by atoms with Gasteiger partial charge in [0.15, 0.2) is 0 Å². The number of benzene rings is 1. The number of nitrogens with zero attached hydrogens (tertiary/aromatic N) is 1. The van der Waals surface area contributed by atoms with E-state index in [1.54, 1.807) is 12.1 Å². The number of imide groups is 1. The molecule has 0 atom stereocenters. The van der Waals surface area contributed by atoms with E-state index in [0.717, 1.165) is 4.90 Å². The highest BCUT2D eigenvalue weighted by Crippen LogP contribution is 2.24. The number of fused-ring (bicyclic) bond motifs is 1. The summed E-state index contributed by atoms with van der Waals surface area (Å²) in [5, 5.41) is 0. The first-order valence-electron chi connectivity index (χ1n) is 5.50. The zero-order valence-electron chi connectivity index (χ0n) is 9.99. The van der Waals surface area contributed by atoms with Crippen LogP contribution in [-0.4, -0.2) is 29.4 Å². The summed E-state index contributed by atoms with van der Waals surface area (Å²) >= 11 is 0. The van der Waals surface area contributed by atoms with E-state index in [0.29, 0.717) is 0 Å². The lowest BCUT2D eigenvalue weighted by molar-refractivity contribution is -0.0806. The van der Waals surface area contributed by atoms with E-state index in [1.165, 1.54) is 19.1 Å². The van der Waals surface area contributed by atoms with Gasteiger partial charge >= 0.3 is 6.18 Å². The molecule has 6 heteroatoms. The number of halogens is 3. The first kappa shape index (κ1) is 13.3. The number of hydrogen-bond acceptors (Lipinski definition) is 2. The maximum Gasteiger partial charge on any atom is 0.409 e. The van der Waals surface area contributed by atoms with E-state index in [4.69, 9.17) is 0 Å². The molecule has 0 bridgehead atoms. The van der Waals surface area contributed by atoms with Crippen molar-refractivity contribution in [2.45, 2.75) is 13.1 Å². The van der Waals surface area contributed by atoms with Gasteiger partial charge in [-0.25, -0.2) is 0 Å². The van der Waals surface area contributed by atoms with Crippen LogP contribution in [0, 0.1) is 0 Å². The van der Waals surface area contributed by atoms with Crippen molar-refractivity contribution in [2.24, 2.45) is 0 Å². The number of allylic oxidation sites excluding steroid dienone is 1. The average Bonchev–Trinajstić information content (AvgIpc) is 2.53. The van der Waals surface area contributed by atoms with Gasteiger partial charge in [-0.1, -0.05) is 12.1 Å². The molecular formula is C13H10F3NO2. The molecule has 19 heavy (non-hydrogen) atoms. The highest BCUT2D eigenvalue weighted by Gasteiger charge is 2.35. The van der Waals surface area contributed by atoms with Crippen LogP contribution in [0.25, 0.3) is 0 Å². The second kappa shape index (κ2) is 4.53. The normalized spacial score (nSPS) is 16.0. The molecule has 1 aliphatic rings. The maximum absolute atomic E-state index is 12.2. The highest BCUT2D eigenvalue weighted by atomic mass is 19.4. The van der Waals surface area contributed by atoms with Crippen molar-refractivity contribution in [1.29, 1.82) is 0 Å². The molecule has 0 spiro atoms. The van der Waals surface area contributed by atoms with Gasteiger partial charge in [-0.05, 0) is 24.6 Å². The molecule has 100 valence electrons. The molecule has 1 heterocycles. The molecule has 0 saturated heterocycles. The largest absolute Gasteiger partial charge is 0.409 e. The molecule has 2 amide bonds.